The van der Waals surface area contributed by atoms with Crippen LogP contribution in [-0.4, -0.2) is 5.11 Å². The van der Waals surface area contributed by atoms with Crippen LogP contribution in [-0.2, 0) is 0 Å². The molecule has 0 amide bonds. The number of benzene rings is 2. The summed E-state index contributed by atoms with van der Waals surface area (Å²) in [5.41, 5.74) is 2.91. The molecule has 1 N–H and O–H groups in total. The van der Waals surface area contributed by atoms with Crippen LogP contribution in [0.4, 0.5) is 4.39 Å². The molecule has 20 heavy (non-hydrogen) atoms. The van der Waals surface area contributed by atoms with Gasteiger partial charge in [-0.3, -0.25) is 0 Å². The summed E-state index contributed by atoms with van der Waals surface area (Å²) in [4.78, 5) is 0. The first-order chi connectivity index (χ1) is 9.58. The largest absolute Gasteiger partial charge is 0.461 e. The van der Waals surface area contributed by atoms with Gasteiger partial charge in [0.15, 0.2) is 0 Å². The van der Waals surface area contributed by atoms with Gasteiger partial charge in [0.25, 0.3) is 0 Å². The van der Waals surface area contributed by atoms with Crippen LogP contribution in [0.5, 0.6) is 0 Å². The third kappa shape index (κ3) is 2.00. The maximum atomic E-state index is 13.2. The number of halogens is 1. The van der Waals surface area contributed by atoms with Gasteiger partial charge in [0.05, 0.1) is 0 Å². The Kier molecular flexibility index (Phi) is 3.07. The molecule has 0 aliphatic carbocycles. The van der Waals surface area contributed by atoms with Crippen molar-refractivity contribution in [1.82, 2.24) is 0 Å². The molecule has 3 heteroatoms. The molecule has 0 saturated carbocycles. The minimum atomic E-state index is -0.820. The maximum absolute atomic E-state index is 13.2. The van der Waals surface area contributed by atoms with Crippen LogP contribution < -0.4 is 0 Å². The first kappa shape index (κ1) is 12.9. The fourth-order valence-electron chi connectivity index (χ4n) is 2.63. The lowest BCUT2D eigenvalue weighted by molar-refractivity contribution is 0.218. The highest BCUT2D eigenvalue weighted by molar-refractivity contribution is 5.83. The number of fused-ring (bicyclic) bond motifs is 1. The van der Waals surface area contributed by atoms with E-state index in [0.717, 1.165) is 22.1 Å². The number of furan rings is 1. The summed E-state index contributed by atoms with van der Waals surface area (Å²) in [5, 5.41) is 11.5. The van der Waals surface area contributed by atoms with Crippen molar-refractivity contribution in [2.24, 2.45) is 0 Å². The average Bonchev–Trinajstić information content (AvgIpc) is 2.73. The van der Waals surface area contributed by atoms with Crippen LogP contribution in [0.1, 0.15) is 28.6 Å². The zero-order chi connectivity index (χ0) is 14.3. The number of hydrogen-bond donors (Lipinski definition) is 1. The second-order valence-corrected chi connectivity index (χ2v) is 4.97. The molecule has 3 rings (SSSR count). The van der Waals surface area contributed by atoms with Crippen molar-refractivity contribution in [3.63, 3.8) is 0 Å². The number of aliphatic hydroxyl groups excluding tert-OH is 1. The van der Waals surface area contributed by atoms with E-state index < -0.39 is 6.10 Å². The number of hydrogen-bond acceptors (Lipinski definition) is 2. The minimum absolute atomic E-state index is 0.299. The van der Waals surface area contributed by atoms with Gasteiger partial charge in [-0.15, -0.1) is 0 Å². The van der Waals surface area contributed by atoms with Crippen LogP contribution in [0.3, 0.4) is 0 Å². The summed E-state index contributed by atoms with van der Waals surface area (Å²) in [6, 6.07) is 12.0. The molecular weight excluding hydrogens is 255 g/mol. The van der Waals surface area contributed by atoms with E-state index in [9.17, 15) is 9.50 Å². The molecule has 0 fully saturated rings. The third-order valence-electron chi connectivity index (χ3n) is 3.62. The number of rotatable bonds is 2. The number of aryl methyl sites for hydroxylation is 2. The number of para-hydroxylation sites is 1. The van der Waals surface area contributed by atoms with Crippen molar-refractivity contribution >= 4 is 11.0 Å². The average molecular weight is 270 g/mol. The van der Waals surface area contributed by atoms with E-state index in [1.165, 1.54) is 12.1 Å². The van der Waals surface area contributed by atoms with Gasteiger partial charge in [-0.1, -0.05) is 24.3 Å². The lowest BCUT2D eigenvalue weighted by Crippen LogP contribution is -2.03. The second kappa shape index (κ2) is 4.76. The summed E-state index contributed by atoms with van der Waals surface area (Å²) in [5.74, 6) is 0.384. The maximum Gasteiger partial charge on any atom is 0.134 e. The van der Waals surface area contributed by atoms with Crippen molar-refractivity contribution in [2.75, 3.05) is 0 Å². The molecule has 1 heterocycles. The van der Waals surface area contributed by atoms with Gasteiger partial charge in [-0.2, -0.15) is 0 Å². The minimum Gasteiger partial charge on any atom is -0.461 e. The van der Waals surface area contributed by atoms with Gasteiger partial charge in [-0.05, 0) is 43.2 Å². The molecule has 2 nitrogen and oxygen atoms in total. The van der Waals surface area contributed by atoms with Gasteiger partial charge in [0, 0.05) is 10.9 Å². The Labute approximate surface area is 116 Å². The van der Waals surface area contributed by atoms with E-state index in [1.807, 2.05) is 31.2 Å². The summed E-state index contributed by atoms with van der Waals surface area (Å²) in [7, 11) is 0. The lowest BCUT2D eigenvalue weighted by atomic mass is 9.95. The summed E-state index contributed by atoms with van der Waals surface area (Å²) in [6.45, 7) is 3.62. The molecule has 1 aromatic heterocycles. The Morgan fingerprint density at radius 2 is 1.85 bits per heavy atom. The molecule has 2 aromatic carbocycles. The van der Waals surface area contributed by atoms with E-state index >= 15 is 0 Å². The van der Waals surface area contributed by atoms with Crippen LogP contribution in [0, 0.1) is 19.7 Å². The Morgan fingerprint density at radius 1 is 1.10 bits per heavy atom. The van der Waals surface area contributed by atoms with Crippen LogP contribution >= 0.6 is 0 Å². The zero-order valence-corrected chi connectivity index (χ0v) is 11.4. The Morgan fingerprint density at radius 3 is 2.60 bits per heavy atom. The van der Waals surface area contributed by atoms with E-state index in [1.54, 1.807) is 13.0 Å². The summed E-state index contributed by atoms with van der Waals surface area (Å²) >= 11 is 0. The standard InChI is InChI=1S/C17H15FO2/c1-10-9-12(18)7-8-13(10)17(19)16-11(2)20-15-6-4-3-5-14(15)16/h3-9,17,19H,1-2H3. The first-order valence-electron chi connectivity index (χ1n) is 6.50. The van der Waals surface area contributed by atoms with Crippen molar-refractivity contribution in [3.8, 4) is 0 Å². The van der Waals surface area contributed by atoms with Gasteiger partial charge in [0.2, 0.25) is 0 Å². The third-order valence-corrected chi connectivity index (χ3v) is 3.62. The van der Waals surface area contributed by atoms with Crippen molar-refractivity contribution in [1.29, 1.82) is 0 Å². The Bertz CT molecular complexity index is 774. The van der Waals surface area contributed by atoms with E-state index in [4.69, 9.17) is 4.42 Å². The van der Waals surface area contributed by atoms with Gasteiger partial charge in [0.1, 0.15) is 23.3 Å². The van der Waals surface area contributed by atoms with Gasteiger partial charge >= 0.3 is 0 Å². The SMILES string of the molecule is Cc1cc(F)ccc1C(O)c1c(C)oc2ccccc12. The first-order valence-corrected chi connectivity index (χ1v) is 6.50. The highest BCUT2D eigenvalue weighted by atomic mass is 19.1. The van der Waals surface area contributed by atoms with Crippen molar-refractivity contribution < 1.29 is 13.9 Å². The molecular formula is C17H15FO2. The Balaban J connectivity index is 2.17. The molecule has 0 aliphatic rings. The summed E-state index contributed by atoms with van der Waals surface area (Å²) in [6.07, 6.45) is -0.820. The van der Waals surface area contributed by atoms with Crippen LogP contribution in [0.2, 0.25) is 0 Å². The quantitative estimate of drug-likeness (QED) is 0.754. The smallest absolute Gasteiger partial charge is 0.134 e. The topological polar surface area (TPSA) is 33.4 Å². The predicted molar refractivity (Wildman–Crippen MR) is 76.1 cm³/mol. The zero-order valence-electron chi connectivity index (χ0n) is 11.4. The molecule has 1 unspecified atom stereocenters. The van der Waals surface area contributed by atoms with Gasteiger partial charge < -0.3 is 9.52 Å². The molecule has 0 spiro atoms. The van der Waals surface area contributed by atoms with Crippen molar-refractivity contribution in [2.45, 2.75) is 20.0 Å². The molecule has 0 radical (unpaired) electrons. The lowest BCUT2D eigenvalue weighted by Gasteiger charge is -2.14. The molecule has 1 atom stereocenters. The van der Waals surface area contributed by atoms with Crippen molar-refractivity contribution in [3.05, 3.63) is 70.7 Å². The normalized spacial score (nSPS) is 12.8. The highest BCUT2D eigenvalue weighted by Crippen LogP contribution is 2.34. The van der Waals surface area contributed by atoms with E-state index in [2.05, 4.69) is 0 Å². The monoisotopic (exact) mass is 270 g/mol. The molecule has 0 bridgehead atoms. The predicted octanol–water partition coefficient (Wildman–Crippen LogP) is 4.27. The Hall–Kier alpha value is -2.13. The molecule has 3 aromatic rings. The molecule has 0 saturated heterocycles. The van der Waals surface area contributed by atoms with E-state index in [-0.39, 0.29) is 5.82 Å². The van der Waals surface area contributed by atoms with Crippen LogP contribution in [0.15, 0.2) is 46.9 Å². The van der Waals surface area contributed by atoms with E-state index in [0.29, 0.717) is 11.3 Å². The highest BCUT2D eigenvalue weighted by Gasteiger charge is 2.21. The number of aliphatic hydroxyl groups is 1. The second-order valence-electron chi connectivity index (χ2n) is 4.97. The van der Waals surface area contributed by atoms with Crippen LogP contribution in [0.25, 0.3) is 11.0 Å². The van der Waals surface area contributed by atoms with Gasteiger partial charge in [-0.25, -0.2) is 4.39 Å². The fraction of sp³-hybridized carbons (Fsp3) is 0.176. The summed E-state index contributed by atoms with van der Waals surface area (Å²) < 4.78 is 18.9. The molecule has 0 aliphatic heterocycles. The fourth-order valence-corrected chi connectivity index (χ4v) is 2.63. The molecule has 102 valence electrons.